The number of likely N-dealkylation sites (N-methyl/N-ethyl adjacent to an activating group) is 1. The first-order chi connectivity index (χ1) is 9.52. The van der Waals surface area contributed by atoms with E-state index >= 15 is 0 Å². The number of nitrogens with zero attached hydrogens (tertiary/aromatic N) is 4. The molecule has 0 aromatic carbocycles. The monoisotopic (exact) mass is 276 g/mol. The fraction of sp³-hybridized carbons (Fsp3) is 0.571. The summed E-state index contributed by atoms with van der Waals surface area (Å²) in [6.07, 6.45) is 3.00. The van der Waals surface area contributed by atoms with Gasteiger partial charge in [-0.1, -0.05) is 6.58 Å². The van der Waals surface area contributed by atoms with E-state index in [-0.39, 0.29) is 18.3 Å². The van der Waals surface area contributed by atoms with Gasteiger partial charge in [0.25, 0.3) is 5.91 Å². The maximum absolute atomic E-state index is 12.5. The van der Waals surface area contributed by atoms with Crippen LogP contribution < -0.4 is 0 Å². The van der Waals surface area contributed by atoms with Gasteiger partial charge >= 0.3 is 0 Å². The largest absolute Gasteiger partial charge is 0.366 e. The number of aryl methyl sites for hydroxylation is 1. The Morgan fingerprint density at radius 1 is 1.40 bits per heavy atom. The third-order valence-corrected chi connectivity index (χ3v) is 4.38. The fourth-order valence-electron chi connectivity index (χ4n) is 3.11. The van der Waals surface area contributed by atoms with E-state index in [1.807, 2.05) is 29.9 Å². The highest BCUT2D eigenvalue weighted by Crippen LogP contribution is 2.30. The number of amides is 1. The second-order valence-corrected chi connectivity index (χ2v) is 5.53. The van der Waals surface area contributed by atoms with E-state index < -0.39 is 0 Å². The van der Waals surface area contributed by atoms with Crippen LogP contribution in [0, 0.1) is 0 Å². The first kappa shape index (κ1) is 13.3. The molecule has 108 valence electrons. The average molecular weight is 276 g/mol. The quantitative estimate of drug-likeness (QED) is 0.701. The van der Waals surface area contributed by atoms with Crippen molar-refractivity contribution in [1.29, 1.82) is 0 Å². The summed E-state index contributed by atoms with van der Waals surface area (Å²) in [6, 6.07) is 0. The van der Waals surface area contributed by atoms with Gasteiger partial charge in [0, 0.05) is 38.3 Å². The van der Waals surface area contributed by atoms with Gasteiger partial charge in [-0.25, -0.2) is 4.98 Å². The van der Waals surface area contributed by atoms with Crippen molar-refractivity contribution in [3.63, 3.8) is 0 Å². The topological polar surface area (TPSA) is 50.6 Å². The van der Waals surface area contributed by atoms with Gasteiger partial charge in [-0.3, -0.25) is 9.69 Å². The minimum atomic E-state index is -0.115. The molecular weight excluding hydrogens is 256 g/mol. The standard InChI is InChI=1S/C14H20N4O2/c1-9-5-13(20-4)17(3)12-6-11-10(15-8-16(11)2)7-18(12)14(9)19/h8,12-13H,1,5-7H2,2-4H3/t12-,13?/m0/s1. The number of ether oxygens (including phenoxy) is 1. The summed E-state index contributed by atoms with van der Waals surface area (Å²) in [6.45, 7) is 4.46. The lowest BCUT2D eigenvalue weighted by molar-refractivity contribution is -0.136. The Kier molecular flexibility index (Phi) is 3.14. The van der Waals surface area contributed by atoms with Crippen LogP contribution in [-0.4, -0.2) is 51.8 Å². The van der Waals surface area contributed by atoms with Crippen molar-refractivity contribution in [3.8, 4) is 0 Å². The molecule has 1 aromatic rings. The Hall–Kier alpha value is -1.66. The van der Waals surface area contributed by atoms with Crippen molar-refractivity contribution in [2.24, 2.45) is 7.05 Å². The predicted molar refractivity (Wildman–Crippen MR) is 73.6 cm³/mol. The molecule has 2 aliphatic rings. The number of fused-ring (bicyclic) bond motifs is 2. The Morgan fingerprint density at radius 3 is 2.85 bits per heavy atom. The van der Waals surface area contributed by atoms with E-state index in [4.69, 9.17) is 4.74 Å². The fourth-order valence-corrected chi connectivity index (χ4v) is 3.11. The van der Waals surface area contributed by atoms with Gasteiger partial charge in [0.1, 0.15) is 6.23 Å². The number of hydrogen-bond donors (Lipinski definition) is 0. The van der Waals surface area contributed by atoms with E-state index in [1.54, 1.807) is 7.11 Å². The first-order valence-corrected chi connectivity index (χ1v) is 6.75. The summed E-state index contributed by atoms with van der Waals surface area (Å²) in [5.74, 6) is 0.0118. The smallest absolute Gasteiger partial charge is 0.250 e. The molecule has 2 aliphatic heterocycles. The second-order valence-electron chi connectivity index (χ2n) is 5.53. The van der Waals surface area contributed by atoms with Crippen LogP contribution >= 0.6 is 0 Å². The van der Waals surface area contributed by atoms with Crippen LogP contribution in [0.1, 0.15) is 17.8 Å². The molecule has 1 aromatic heterocycles. The predicted octanol–water partition coefficient (Wildman–Crippen LogP) is 0.495. The molecule has 2 atom stereocenters. The molecule has 0 saturated carbocycles. The molecule has 6 nitrogen and oxygen atoms in total. The number of imidazole rings is 1. The Morgan fingerprint density at radius 2 is 2.15 bits per heavy atom. The second kappa shape index (κ2) is 4.71. The maximum Gasteiger partial charge on any atom is 0.250 e. The van der Waals surface area contributed by atoms with Gasteiger partial charge in [0.2, 0.25) is 0 Å². The third kappa shape index (κ3) is 1.87. The molecule has 0 aliphatic carbocycles. The Balaban J connectivity index is 2.01. The molecule has 3 rings (SSSR count). The molecule has 0 radical (unpaired) electrons. The van der Waals surface area contributed by atoms with Crippen LogP contribution in [0.5, 0.6) is 0 Å². The number of rotatable bonds is 1. The lowest BCUT2D eigenvalue weighted by atomic mass is 10.1. The van der Waals surface area contributed by atoms with Gasteiger partial charge in [-0.15, -0.1) is 0 Å². The van der Waals surface area contributed by atoms with Gasteiger partial charge in [-0.05, 0) is 7.05 Å². The SMILES string of the molecule is C=C1CC(OC)N(C)[C@@H]2Cc3c(ncn3C)CN2C1=O. The van der Waals surface area contributed by atoms with E-state index in [9.17, 15) is 4.79 Å². The van der Waals surface area contributed by atoms with Crippen molar-refractivity contribution in [2.45, 2.75) is 31.8 Å². The number of carbonyl (C=O) groups is 1. The van der Waals surface area contributed by atoms with Gasteiger partial charge in [-0.2, -0.15) is 0 Å². The number of methoxy groups -OCH3 is 1. The van der Waals surface area contributed by atoms with E-state index in [1.165, 1.54) is 5.69 Å². The summed E-state index contributed by atoms with van der Waals surface area (Å²) >= 11 is 0. The molecule has 0 N–H and O–H groups in total. The summed E-state index contributed by atoms with van der Waals surface area (Å²) in [7, 11) is 5.67. The van der Waals surface area contributed by atoms with Crippen molar-refractivity contribution < 1.29 is 9.53 Å². The summed E-state index contributed by atoms with van der Waals surface area (Å²) in [5, 5.41) is 0. The Labute approximate surface area is 118 Å². The summed E-state index contributed by atoms with van der Waals surface area (Å²) < 4.78 is 7.55. The van der Waals surface area contributed by atoms with Crippen LogP contribution in [-0.2, 0) is 29.5 Å². The average Bonchev–Trinajstić information content (AvgIpc) is 2.78. The van der Waals surface area contributed by atoms with Crippen molar-refractivity contribution >= 4 is 5.91 Å². The van der Waals surface area contributed by atoms with E-state index in [2.05, 4.69) is 16.5 Å². The van der Waals surface area contributed by atoms with Gasteiger partial charge in [0.05, 0.1) is 24.7 Å². The highest BCUT2D eigenvalue weighted by Gasteiger charge is 2.40. The molecule has 0 spiro atoms. The van der Waals surface area contributed by atoms with Crippen LogP contribution in [0.25, 0.3) is 0 Å². The molecule has 1 fully saturated rings. The van der Waals surface area contributed by atoms with E-state index in [0.29, 0.717) is 18.5 Å². The molecule has 1 unspecified atom stereocenters. The number of aromatic nitrogens is 2. The highest BCUT2D eigenvalue weighted by atomic mass is 16.5. The summed E-state index contributed by atoms with van der Waals surface area (Å²) in [5.41, 5.74) is 2.77. The molecule has 20 heavy (non-hydrogen) atoms. The molecule has 1 amide bonds. The van der Waals surface area contributed by atoms with E-state index in [0.717, 1.165) is 12.1 Å². The highest BCUT2D eigenvalue weighted by molar-refractivity contribution is 5.93. The zero-order valence-corrected chi connectivity index (χ0v) is 12.2. The third-order valence-electron chi connectivity index (χ3n) is 4.38. The van der Waals surface area contributed by atoms with Crippen LogP contribution in [0.15, 0.2) is 18.5 Å². The first-order valence-electron chi connectivity index (χ1n) is 6.75. The van der Waals surface area contributed by atoms with Crippen molar-refractivity contribution in [2.75, 3.05) is 14.2 Å². The minimum absolute atomic E-state index is 0.00500. The van der Waals surface area contributed by atoms with Gasteiger partial charge in [0.15, 0.2) is 0 Å². The molecule has 6 heteroatoms. The normalized spacial score (nSPS) is 27.2. The lowest BCUT2D eigenvalue weighted by Crippen LogP contribution is -2.53. The summed E-state index contributed by atoms with van der Waals surface area (Å²) in [4.78, 5) is 20.9. The molecule has 3 heterocycles. The molecule has 0 bridgehead atoms. The molecular formula is C14H20N4O2. The van der Waals surface area contributed by atoms with Crippen LogP contribution in [0.3, 0.4) is 0 Å². The number of hydrogen-bond acceptors (Lipinski definition) is 4. The number of carbonyl (C=O) groups excluding carboxylic acids is 1. The van der Waals surface area contributed by atoms with Crippen molar-refractivity contribution in [3.05, 3.63) is 29.9 Å². The molecule has 1 saturated heterocycles. The van der Waals surface area contributed by atoms with Crippen LogP contribution in [0.2, 0.25) is 0 Å². The van der Waals surface area contributed by atoms with Crippen LogP contribution in [0.4, 0.5) is 0 Å². The van der Waals surface area contributed by atoms with Crippen molar-refractivity contribution in [1.82, 2.24) is 19.4 Å². The Bertz CT molecular complexity index is 566. The minimum Gasteiger partial charge on any atom is -0.366 e. The lowest BCUT2D eigenvalue weighted by Gasteiger charge is -2.40. The maximum atomic E-state index is 12.5. The van der Waals surface area contributed by atoms with Gasteiger partial charge < -0.3 is 14.2 Å². The zero-order valence-electron chi connectivity index (χ0n) is 12.2. The zero-order chi connectivity index (χ0) is 14.4.